The monoisotopic (exact) mass is 185 g/mol. The Morgan fingerprint density at radius 2 is 1.62 bits per heavy atom. The maximum absolute atomic E-state index is 2.54. The number of nitrogens with zero attached hydrogens (tertiary/aromatic N) is 1. The van der Waals surface area contributed by atoms with Gasteiger partial charge in [-0.05, 0) is 39.3 Å². The highest BCUT2D eigenvalue weighted by atomic mass is 15.1. The Morgan fingerprint density at radius 1 is 1.00 bits per heavy atom. The van der Waals surface area contributed by atoms with E-state index in [2.05, 4.69) is 39.5 Å². The van der Waals surface area contributed by atoms with E-state index in [4.69, 9.17) is 0 Å². The molecule has 0 aromatic heterocycles. The number of rotatable bonds is 7. The van der Waals surface area contributed by atoms with Gasteiger partial charge in [0, 0.05) is 6.04 Å². The molecule has 0 spiro atoms. The second kappa shape index (κ2) is 7.37. The summed E-state index contributed by atoms with van der Waals surface area (Å²) in [5.41, 5.74) is 0. The van der Waals surface area contributed by atoms with Crippen molar-refractivity contribution in [2.45, 2.75) is 59.9 Å². The van der Waals surface area contributed by atoms with Gasteiger partial charge in [0.1, 0.15) is 0 Å². The van der Waals surface area contributed by atoms with Crippen molar-refractivity contribution in [3.63, 3.8) is 0 Å². The molecule has 0 aromatic rings. The maximum Gasteiger partial charge on any atom is 0.00384 e. The van der Waals surface area contributed by atoms with Gasteiger partial charge in [-0.2, -0.15) is 0 Å². The van der Waals surface area contributed by atoms with Crippen LogP contribution in [0, 0.1) is 5.92 Å². The minimum Gasteiger partial charge on any atom is -0.301 e. The lowest BCUT2D eigenvalue weighted by atomic mass is 10.1. The first-order valence-electron chi connectivity index (χ1n) is 5.82. The van der Waals surface area contributed by atoms with Gasteiger partial charge < -0.3 is 4.90 Å². The predicted molar refractivity (Wildman–Crippen MR) is 61.1 cm³/mol. The Morgan fingerprint density at radius 3 is 2.00 bits per heavy atom. The summed E-state index contributed by atoms with van der Waals surface area (Å²) in [6.07, 6.45) is 4.14. The van der Waals surface area contributed by atoms with Gasteiger partial charge in [-0.15, -0.1) is 0 Å². The second-order valence-electron chi connectivity index (χ2n) is 4.61. The molecule has 0 unspecified atom stereocenters. The summed E-state index contributed by atoms with van der Waals surface area (Å²) >= 11 is 0. The van der Waals surface area contributed by atoms with Crippen LogP contribution < -0.4 is 0 Å². The molecule has 0 rings (SSSR count). The molecule has 0 saturated heterocycles. The maximum atomic E-state index is 2.54. The predicted octanol–water partition coefficient (Wildman–Crippen LogP) is 3.54. The van der Waals surface area contributed by atoms with Gasteiger partial charge in [0.15, 0.2) is 0 Å². The van der Waals surface area contributed by atoms with Crippen molar-refractivity contribution in [1.82, 2.24) is 4.90 Å². The van der Waals surface area contributed by atoms with Gasteiger partial charge in [-0.1, -0.05) is 33.6 Å². The first kappa shape index (κ1) is 13.0. The molecule has 0 bridgehead atoms. The lowest BCUT2D eigenvalue weighted by Gasteiger charge is -2.24. The van der Waals surface area contributed by atoms with Crippen molar-refractivity contribution < 1.29 is 0 Å². The summed E-state index contributed by atoms with van der Waals surface area (Å²) in [6, 6.07) is 0.712. The first-order chi connectivity index (χ1) is 6.07. The van der Waals surface area contributed by atoms with Crippen LogP contribution in [0.25, 0.3) is 0 Å². The van der Waals surface area contributed by atoms with E-state index in [0.29, 0.717) is 6.04 Å². The molecule has 1 heteroatoms. The number of hydrogen-bond donors (Lipinski definition) is 0. The Bertz CT molecular complexity index is 108. The van der Waals surface area contributed by atoms with Crippen molar-refractivity contribution in [1.29, 1.82) is 0 Å². The molecule has 0 amide bonds. The molecule has 1 nitrogen and oxygen atoms in total. The Balaban J connectivity index is 3.39. The highest BCUT2D eigenvalue weighted by Gasteiger charge is 2.05. The van der Waals surface area contributed by atoms with Crippen LogP contribution in [-0.4, -0.2) is 24.0 Å². The fourth-order valence-electron chi connectivity index (χ4n) is 1.65. The van der Waals surface area contributed by atoms with E-state index in [0.717, 1.165) is 5.92 Å². The van der Waals surface area contributed by atoms with Crippen molar-refractivity contribution in [2.75, 3.05) is 13.1 Å². The van der Waals surface area contributed by atoms with Gasteiger partial charge in [0.25, 0.3) is 0 Å². The van der Waals surface area contributed by atoms with Gasteiger partial charge in [-0.25, -0.2) is 0 Å². The number of unbranched alkanes of at least 4 members (excludes halogenated alkanes) is 1. The van der Waals surface area contributed by atoms with Crippen LogP contribution in [0.1, 0.15) is 53.9 Å². The molecular formula is C12H27N. The van der Waals surface area contributed by atoms with Crippen LogP contribution in [0.3, 0.4) is 0 Å². The molecule has 0 saturated carbocycles. The summed E-state index contributed by atoms with van der Waals surface area (Å²) in [6.45, 7) is 13.9. The highest BCUT2D eigenvalue weighted by Crippen LogP contribution is 2.08. The van der Waals surface area contributed by atoms with Gasteiger partial charge in [-0.3, -0.25) is 0 Å². The van der Waals surface area contributed by atoms with Gasteiger partial charge in [0.05, 0.1) is 0 Å². The quantitative estimate of drug-likeness (QED) is 0.548. The van der Waals surface area contributed by atoms with E-state index in [9.17, 15) is 0 Å². The van der Waals surface area contributed by atoms with Crippen LogP contribution in [0.5, 0.6) is 0 Å². The first-order valence-corrected chi connectivity index (χ1v) is 5.82. The minimum atomic E-state index is 0.712. The molecular weight excluding hydrogens is 158 g/mol. The zero-order chi connectivity index (χ0) is 10.3. The fraction of sp³-hybridized carbons (Fsp3) is 1.00. The zero-order valence-electron chi connectivity index (χ0n) is 10.1. The van der Waals surface area contributed by atoms with E-state index >= 15 is 0 Å². The SMILES string of the molecule is CCN(CCCCC(C)C)C(C)C. The molecule has 80 valence electrons. The lowest BCUT2D eigenvalue weighted by Crippen LogP contribution is -2.31. The van der Waals surface area contributed by atoms with Crippen molar-refractivity contribution in [3.05, 3.63) is 0 Å². The Hall–Kier alpha value is -0.0400. The zero-order valence-corrected chi connectivity index (χ0v) is 10.1. The molecule has 0 aliphatic rings. The third-order valence-electron chi connectivity index (χ3n) is 2.61. The fourth-order valence-corrected chi connectivity index (χ4v) is 1.65. The van der Waals surface area contributed by atoms with E-state index in [1.807, 2.05) is 0 Å². The molecule has 0 atom stereocenters. The van der Waals surface area contributed by atoms with Crippen LogP contribution in [0.4, 0.5) is 0 Å². The van der Waals surface area contributed by atoms with E-state index in [-0.39, 0.29) is 0 Å². The smallest absolute Gasteiger partial charge is 0.00384 e. The normalized spacial score (nSPS) is 12.0. The summed E-state index contributed by atoms with van der Waals surface area (Å²) in [7, 11) is 0. The van der Waals surface area contributed by atoms with Crippen LogP contribution in [0.15, 0.2) is 0 Å². The lowest BCUT2D eigenvalue weighted by molar-refractivity contribution is 0.227. The van der Waals surface area contributed by atoms with Gasteiger partial charge >= 0.3 is 0 Å². The van der Waals surface area contributed by atoms with Crippen LogP contribution >= 0.6 is 0 Å². The highest BCUT2D eigenvalue weighted by molar-refractivity contribution is 4.60. The standard InChI is InChI=1S/C12H27N/c1-6-13(12(4)5)10-8-7-9-11(2)3/h11-12H,6-10H2,1-5H3. The summed E-state index contributed by atoms with van der Waals surface area (Å²) in [4.78, 5) is 2.54. The summed E-state index contributed by atoms with van der Waals surface area (Å²) in [5, 5.41) is 0. The molecule has 0 aliphatic carbocycles. The third kappa shape index (κ3) is 7.06. The molecule has 13 heavy (non-hydrogen) atoms. The van der Waals surface area contributed by atoms with Crippen molar-refractivity contribution >= 4 is 0 Å². The molecule has 0 aliphatic heterocycles. The topological polar surface area (TPSA) is 3.24 Å². The number of hydrogen-bond acceptors (Lipinski definition) is 1. The molecule has 0 fully saturated rings. The average Bonchev–Trinajstić information content (AvgIpc) is 2.03. The van der Waals surface area contributed by atoms with Crippen molar-refractivity contribution in [3.8, 4) is 0 Å². The van der Waals surface area contributed by atoms with Crippen LogP contribution in [0.2, 0.25) is 0 Å². The Kier molecular flexibility index (Phi) is 7.35. The van der Waals surface area contributed by atoms with E-state index in [1.54, 1.807) is 0 Å². The van der Waals surface area contributed by atoms with E-state index in [1.165, 1.54) is 32.4 Å². The van der Waals surface area contributed by atoms with Gasteiger partial charge in [0.2, 0.25) is 0 Å². The second-order valence-corrected chi connectivity index (χ2v) is 4.61. The van der Waals surface area contributed by atoms with Crippen molar-refractivity contribution in [2.24, 2.45) is 5.92 Å². The minimum absolute atomic E-state index is 0.712. The summed E-state index contributed by atoms with van der Waals surface area (Å²) in [5.74, 6) is 0.870. The average molecular weight is 185 g/mol. The molecule has 0 aromatic carbocycles. The Labute approximate surface area is 84.5 Å². The van der Waals surface area contributed by atoms with E-state index < -0.39 is 0 Å². The largest absolute Gasteiger partial charge is 0.301 e. The van der Waals surface area contributed by atoms with Crippen LogP contribution in [-0.2, 0) is 0 Å². The molecule has 0 radical (unpaired) electrons. The summed E-state index contributed by atoms with van der Waals surface area (Å²) < 4.78 is 0. The third-order valence-corrected chi connectivity index (χ3v) is 2.61. The molecule has 0 N–H and O–H groups in total. The molecule has 0 heterocycles.